The molecular weight excluding hydrogens is 450 g/mol. The molecule has 1 aromatic carbocycles. The smallest absolute Gasteiger partial charge is 0.240 e. The molecule has 188 valence electrons. The molecule has 2 saturated carbocycles. The molecule has 0 radical (unpaired) electrons. The number of amides is 2. The summed E-state index contributed by atoms with van der Waals surface area (Å²) in [7, 11) is -1.96. The molecule has 7 nitrogen and oxygen atoms in total. The van der Waals surface area contributed by atoms with Crippen molar-refractivity contribution in [3.63, 3.8) is 0 Å². The van der Waals surface area contributed by atoms with Crippen molar-refractivity contribution in [1.82, 2.24) is 10.0 Å². The van der Waals surface area contributed by atoms with Crippen molar-refractivity contribution in [2.45, 2.75) is 94.4 Å². The first kappa shape index (κ1) is 25.2. The molecule has 8 heteroatoms. The van der Waals surface area contributed by atoms with Gasteiger partial charge >= 0.3 is 0 Å². The van der Waals surface area contributed by atoms with Crippen LogP contribution in [0, 0.1) is 11.8 Å². The minimum Gasteiger partial charge on any atom is -0.353 e. The van der Waals surface area contributed by atoms with Crippen LogP contribution < -0.4 is 14.9 Å². The highest BCUT2D eigenvalue weighted by atomic mass is 32.2. The van der Waals surface area contributed by atoms with Crippen LogP contribution in [0.4, 0.5) is 5.69 Å². The minimum absolute atomic E-state index is 0.0372. The number of fused-ring (bicyclic) bond motifs is 1. The molecule has 0 unspecified atom stereocenters. The Morgan fingerprint density at radius 2 is 1.68 bits per heavy atom. The second kappa shape index (κ2) is 9.97. The third-order valence-corrected chi connectivity index (χ3v) is 9.55. The fourth-order valence-corrected chi connectivity index (χ4v) is 6.94. The largest absolute Gasteiger partial charge is 0.353 e. The highest BCUT2D eigenvalue weighted by Gasteiger charge is 2.42. The number of benzene rings is 1. The highest BCUT2D eigenvalue weighted by molar-refractivity contribution is 7.89. The van der Waals surface area contributed by atoms with Crippen LogP contribution in [0.25, 0.3) is 0 Å². The van der Waals surface area contributed by atoms with E-state index < -0.39 is 15.4 Å². The number of likely N-dealkylation sites (N-methyl/N-ethyl adjacent to an activating group) is 1. The van der Waals surface area contributed by atoms with E-state index in [0.717, 1.165) is 49.8 Å². The van der Waals surface area contributed by atoms with Gasteiger partial charge in [-0.25, -0.2) is 13.1 Å². The van der Waals surface area contributed by atoms with Crippen LogP contribution in [-0.2, 0) is 25.0 Å². The Kier molecular flexibility index (Phi) is 7.38. The Hall–Kier alpha value is -1.93. The minimum atomic E-state index is -3.68. The van der Waals surface area contributed by atoms with Crippen molar-refractivity contribution in [1.29, 1.82) is 0 Å². The van der Waals surface area contributed by atoms with Gasteiger partial charge in [-0.05, 0) is 82.1 Å². The molecule has 0 bridgehead atoms. The summed E-state index contributed by atoms with van der Waals surface area (Å²) in [6.07, 6.45) is 10.4. The van der Waals surface area contributed by atoms with Gasteiger partial charge in [0.15, 0.2) is 0 Å². The first-order valence-electron chi connectivity index (χ1n) is 12.8. The van der Waals surface area contributed by atoms with E-state index in [4.69, 9.17) is 0 Å². The Bertz CT molecular complexity index is 1020. The number of carbonyl (C=O) groups excluding carboxylic acids is 2. The van der Waals surface area contributed by atoms with E-state index in [-0.39, 0.29) is 28.5 Å². The zero-order valence-electron chi connectivity index (χ0n) is 20.7. The lowest BCUT2D eigenvalue weighted by atomic mass is 9.81. The third-order valence-electron chi connectivity index (χ3n) is 8.13. The quantitative estimate of drug-likeness (QED) is 0.593. The molecule has 4 rings (SSSR count). The van der Waals surface area contributed by atoms with Crippen LogP contribution in [-0.4, -0.2) is 39.9 Å². The first-order chi connectivity index (χ1) is 16.1. The predicted molar refractivity (Wildman–Crippen MR) is 133 cm³/mol. The van der Waals surface area contributed by atoms with Crippen LogP contribution in [0.1, 0.15) is 83.6 Å². The van der Waals surface area contributed by atoms with Crippen LogP contribution in [0.3, 0.4) is 0 Å². The molecule has 2 aliphatic carbocycles. The lowest BCUT2D eigenvalue weighted by Gasteiger charge is -2.29. The lowest BCUT2D eigenvalue weighted by molar-refractivity contribution is -0.127. The average molecular weight is 490 g/mol. The Labute approximate surface area is 204 Å². The van der Waals surface area contributed by atoms with Gasteiger partial charge in [0.05, 0.1) is 10.3 Å². The summed E-state index contributed by atoms with van der Waals surface area (Å²) in [5.74, 6) is 0.427. The molecule has 2 amide bonds. The van der Waals surface area contributed by atoms with Gasteiger partial charge in [-0.2, -0.15) is 0 Å². The standard InChI is InChI=1S/C26H39N3O4S/c1-26(2)22-16-21(14-15-23(22)29(3)25(26)31)34(32,33)27-17-18-10-12-19(13-11-18)24(30)28-20-8-6-4-5-7-9-20/h14-16,18-20,27H,4-13,17H2,1-3H3,(H,28,30). The molecule has 2 fully saturated rings. The summed E-state index contributed by atoms with van der Waals surface area (Å²) >= 11 is 0. The van der Waals surface area contributed by atoms with Gasteiger partial charge in [-0.3, -0.25) is 9.59 Å². The summed E-state index contributed by atoms with van der Waals surface area (Å²) in [5, 5.41) is 3.28. The van der Waals surface area contributed by atoms with Crippen LogP contribution in [0.15, 0.2) is 23.1 Å². The van der Waals surface area contributed by atoms with Crippen LogP contribution >= 0.6 is 0 Å². The Morgan fingerprint density at radius 3 is 2.32 bits per heavy atom. The first-order valence-corrected chi connectivity index (χ1v) is 14.3. The second-order valence-corrected chi connectivity index (χ2v) is 12.7. The van der Waals surface area contributed by atoms with Gasteiger partial charge in [0.1, 0.15) is 0 Å². The molecule has 0 atom stereocenters. The normalized spacial score (nSPS) is 25.6. The number of nitrogens with zero attached hydrogens (tertiary/aromatic N) is 1. The molecular formula is C26H39N3O4S. The molecule has 1 heterocycles. The van der Waals surface area contributed by atoms with Gasteiger partial charge in [0.2, 0.25) is 21.8 Å². The summed E-state index contributed by atoms with van der Waals surface area (Å²) in [5.41, 5.74) is 0.753. The highest BCUT2D eigenvalue weighted by Crippen LogP contribution is 2.41. The third kappa shape index (κ3) is 5.18. The fraction of sp³-hybridized carbons (Fsp3) is 0.692. The van der Waals surface area contributed by atoms with E-state index >= 15 is 0 Å². The van der Waals surface area contributed by atoms with Crippen LogP contribution in [0.2, 0.25) is 0 Å². The lowest BCUT2D eigenvalue weighted by Crippen LogP contribution is -2.40. The van der Waals surface area contributed by atoms with Crippen LogP contribution in [0.5, 0.6) is 0 Å². The van der Waals surface area contributed by atoms with E-state index in [2.05, 4.69) is 10.0 Å². The van der Waals surface area contributed by atoms with E-state index in [0.29, 0.717) is 12.6 Å². The van der Waals surface area contributed by atoms with Gasteiger partial charge in [0, 0.05) is 31.2 Å². The number of hydrogen-bond acceptors (Lipinski definition) is 4. The van der Waals surface area contributed by atoms with Gasteiger partial charge in [0.25, 0.3) is 0 Å². The maximum atomic E-state index is 13.0. The zero-order chi connectivity index (χ0) is 24.5. The van der Waals surface area contributed by atoms with Crippen molar-refractivity contribution in [3.8, 4) is 0 Å². The molecule has 2 N–H and O–H groups in total. The van der Waals surface area contributed by atoms with E-state index in [1.54, 1.807) is 30.1 Å². The van der Waals surface area contributed by atoms with Crippen molar-refractivity contribution in [2.24, 2.45) is 11.8 Å². The summed E-state index contributed by atoms with van der Waals surface area (Å²) in [6.45, 7) is 4.02. The molecule has 0 spiro atoms. The summed E-state index contributed by atoms with van der Waals surface area (Å²) < 4.78 is 28.8. The SMILES string of the molecule is CN1C(=O)C(C)(C)c2cc(S(=O)(=O)NCC3CCC(C(=O)NC4CCCCCC4)CC3)ccc21. The summed E-state index contributed by atoms with van der Waals surface area (Å²) in [6, 6.07) is 5.25. The number of nitrogens with one attached hydrogen (secondary N) is 2. The number of sulfonamides is 1. The fourth-order valence-electron chi connectivity index (χ4n) is 5.80. The molecule has 0 aromatic heterocycles. The number of anilines is 1. The van der Waals surface area contributed by atoms with E-state index in [1.807, 2.05) is 13.8 Å². The predicted octanol–water partition coefficient (Wildman–Crippen LogP) is 3.86. The van der Waals surface area contributed by atoms with Crippen molar-refractivity contribution >= 4 is 27.5 Å². The Morgan fingerprint density at radius 1 is 1.03 bits per heavy atom. The number of rotatable bonds is 6. The Balaban J connectivity index is 1.30. The van der Waals surface area contributed by atoms with Gasteiger partial charge < -0.3 is 10.2 Å². The molecule has 3 aliphatic rings. The molecule has 1 aromatic rings. The number of hydrogen-bond donors (Lipinski definition) is 2. The topological polar surface area (TPSA) is 95.6 Å². The van der Waals surface area contributed by atoms with Gasteiger partial charge in [-0.15, -0.1) is 0 Å². The maximum absolute atomic E-state index is 13.0. The number of carbonyl (C=O) groups is 2. The van der Waals surface area contributed by atoms with Crippen molar-refractivity contribution in [3.05, 3.63) is 23.8 Å². The second-order valence-electron chi connectivity index (χ2n) is 10.9. The van der Waals surface area contributed by atoms with Crippen molar-refractivity contribution < 1.29 is 18.0 Å². The molecule has 0 saturated heterocycles. The maximum Gasteiger partial charge on any atom is 0.240 e. The molecule has 1 aliphatic heterocycles. The summed E-state index contributed by atoms with van der Waals surface area (Å²) in [4.78, 5) is 27.0. The van der Waals surface area contributed by atoms with E-state index in [9.17, 15) is 18.0 Å². The monoisotopic (exact) mass is 489 g/mol. The van der Waals surface area contributed by atoms with E-state index in [1.165, 1.54) is 25.7 Å². The van der Waals surface area contributed by atoms with Crippen molar-refractivity contribution in [2.75, 3.05) is 18.5 Å². The molecule has 34 heavy (non-hydrogen) atoms. The zero-order valence-corrected chi connectivity index (χ0v) is 21.5. The van der Waals surface area contributed by atoms with Gasteiger partial charge in [-0.1, -0.05) is 25.7 Å². The average Bonchev–Trinajstić information content (AvgIpc) is 3.01.